The van der Waals surface area contributed by atoms with Gasteiger partial charge in [0.1, 0.15) is 16.3 Å². The fourth-order valence-corrected chi connectivity index (χ4v) is 2.71. The van der Waals surface area contributed by atoms with E-state index in [1.807, 2.05) is 0 Å². The van der Waals surface area contributed by atoms with Crippen LogP contribution in [-0.2, 0) is 17.1 Å². The Labute approximate surface area is 122 Å². The second kappa shape index (κ2) is 5.20. The van der Waals surface area contributed by atoms with Crippen molar-refractivity contribution in [1.82, 2.24) is 9.97 Å². The molecule has 0 bridgehead atoms. The number of benzene rings is 1. The van der Waals surface area contributed by atoms with E-state index in [0.717, 1.165) is 17.5 Å². The Hall–Kier alpha value is -1.56. The number of nitrogens with zero attached hydrogens (tertiary/aromatic N) is 2. The Morgan fingerprint density at radius 1 is 1.11 bits per heavy atom. The van der Waals surface area contributed by atoms with Gasteiger partial charge in [-0.15, -0.1) is 11.3 Å². The molecule has 0 radical (unpaired) electrons. The molecule has 0 unspecified atom stereocenters. The molecule has 2 heterocycles. The van der Waals surface area contributed by atoms with E-state index in [9.17, 15) is 8.78 Å². The SMILES string of the molecule is Nc1cccc(F)c1-c1nc2c(F)cncc2s1.[Fe]. The van der Waals surface area contributed by atoms with Gasteiger partial charge in [-0.1, -0.05) is 6.07 Å². The number of hydrogen-bond acceptors (Lipinski definition) is 4. The van der Waals surface area contributed by atoms with Crippen LogP contribution in [0.5, 0.6) is 0 Å². The van der Waals surface area contributed by atoms with E-state index in [-0.39, 0.29) is 33.8 Å². The minimum Gasteiger partial charge on any atom is -0.398 e. The summed E-state index contributed by atoms with van der Waals surface area (Å²) in [6.45, 7) is 0. The molecule has 3 nitrogen and oxygen atoms in total. The van der Waals surface area contributed by atoms with E-state index in [4.69, 9.17) is 5.73 Å². The van der Waals surface area contributed by atoms with Crippen molar-refractivity contribution in [2.45, 2.75) is 0 Å². The van der Waals surface area contributed by atoms with E-state index in [1.54, 1.807) is 6.07 Å². The first-order valence-electron chi connectivity index (χ1n) is 5.11. The Morgan fingerprint density at radius 2 is 1.89 bits per heavy atom. The van der Waals surface area contributed by atoms with E-state index in [0.29, 0.717) is 9.71 Å². The summed E-state index contributed by atoms with van der Waals surface area (Å²) in [5.41, 5.74) is 6.40. The van der Waals surface area contributed by atoms with Crippen molar-refractivity contribution >= 4 is 27.2 Å². The summed E-state index contributed by atoms with van der Waals surface area (Å²) in [6, 6.07) is 4.40. The van der Waals surface area contributed by atoms with Gasteiger partial charge in [-0.3, -0.25) is 4.98 Å². The van der Waals surface area contributed by atoms with Gasteiger partial charge in [0.05, 0.1) is 16.5 Å². The van der Waals surface area contributed by atoms with Gasteiger partial charge in [-0.2, -0.15) is 0 Å². The molecule has 3 rings (SSSR count). The van der Waals surface area contributed by atoms with Crippen molar-refractivity contribution in [3.05, 3.63) is 42.2 Å². The van der Waals surface area contributed by atoms with E-state index < -0.39 is 11.6 Å². The van der Waals surface area contributed by atoms with E-state index in [2.05, 4.69) is 9.97 Å². The normalized spacial score (nSPS) is 10.4. The molecule has 0 atom stereocenters. The number of rotatable bonds is 1. The van der Waals surface area contributed by atoms with Crippen LogP contribution in [0.3, 0.4) is 0 Å². The maximum atomic E-state index is 13.7. The van der Waals surface area contributed by atoms with Crippen molar-refractivity contribution in [2.75, 3.05) is 5.73 Å². The summed E-state index contributed by atoms with van der Waals surface area (Å²) in [7, 11) is 0. The summed E-state index contributed by atoms with van der Waals surface area (Å²) < 4.78 is 27.8. The van der Waals surface area contributed by atoms with E-state index >= 15 is 0 Å². The molecule has 0 saturated heterocycles. The summed E-state index contributed by atoms with van der Waals surface area (Å²) in [5.74, 6) is -0.993. The van der Waals surface area contributed by atoms with E-state index in [1.165, 1.54) is 18.3 Å². The quantitative estimate of drug-likeness (QED) is 0.553. The Balaban J connectivity index is 0.00000133. The average Bonchev–Trinajstić information content (AvgIpc) is 2.74. The smallest absolute Gasteiger partial charge is 0.168 e. The molecular weight excluding hydrogens is 312 g/mol. The molecule has 0 spiro atoms. The first-order chi connectivity index (χ1) is 8.66. The third-order valence-electron chi connectivity index (χ3n) is 2.52. The minimum atomic E-state index is -0.523. The fraction of sp³-hybridized carbons (Fsp3) is 0. The van der Waals surface area contributed by atoms with Crippen LogP contribution in [-0.4, -0.2) is 9.97 Å². The number of hydrogen-bond donors (Lipinski definition) is 1. The molecule has 3 aromatic rings. The van der Waals surface area contributed by atoms with Crippen molar-refractivity contribution in [1.29, 1.82) is 0 Å². The number of aromatic nitrogens is 2. The van der Waals surface area contributed by atoms with Crippen LogP contribution >= 0.6 is 11.3 Å². The summed E-state index contributed by atoms with van der Waals surface area (Å²) in [4.78, 5) is 7.82. The molecule has 0 aliphatic carbocycles. The second-order valence-corrected chi connectivity index (χ2v) is 4.72. The third kappa shape index (κ3) is 2.32. The average molecular weight is 319 g/mol. The summed E-state index contributed by atoms with van der Waals surface area (Å²) in [5, 5.41) is 0.354. The van der Waals surface area contributed by atoms with Crippen molar-refractivity contribution in [3.8, 4) is 10.6 Å². The fourth-order valence-electron chi connectivity index (χ4n) is 1.70. The largest absolute Gasteiger partial charge is 0.398 e. The molecule has 2 N–H and O–H groups in total. The minimum absolute atomic E-state index is 0. The van der Waals surface area contributed by atoms with Gasteiger partial charge in [0.25, 0.3) is 0 Å². The van der Waals surface area contributed by atoms with Gasteiger partial charge in [-0.25, -0.2) is 13.8 Å². The van der Waals surface area contributed by atoms with Gasteiger partial charge < -0.3 is 5.73 Å². The first kappa shape index (κ1) is 13.9. The summed E-state index contributed by atoms with van der Waals surface area (Å²) >= 11 is 1.16. The molecule has 0 aliphatic heterocycles. The topological polar surface area (TPSA) is 51.8 Å². The first-order valence-corrected chi connectivity index (χ1v) is 5.93. The Bertz CT molecular complexity index is 725. The number of halogens is 2. The predicted octanol–water partition coefficient (Wildman–Crippen LogP) is 3.22. The Morgan fingerprint density at radius 3 is 2.58 bits per heavy atom. The molecule has 0 aliphatic rings. The van der Waals surface area contributed by atoms with Gasteiger partial charge in [0, 0.05) is 29.0 Å². The number of pyridine rings is 1. The van der Waals surface area contributed by atoms with Gasteiger partial charge in [0.2, 0.25) is 0 Å². The second-order valence-electron chi connectivity index (χ2n) is 3.69. The van der Waals surface area contributed by atoms with Crippen LogP contribution in [0.2, 0.25) is 0 Å². The molecule has 7 heteroatoms. The maximum Gasteiger partial charge on any atom is 0.168 e. The van der Waals surface area contributed by atoms with Gasteiger partial charge in [0.15, 0.2) is 5.82 Å². The zero-order valence-electron chi connectivity index (χ0n) is 9.38. The molecule has 0 fully saturated rings. The van der Waals surface area contributed by atoms with Crippen molar-refractivity contribution in [2.24, 2.45) is 0 Å². The number of nitrogens with two attached hydrogens (primary N) is 1. The third-order valence-corrected chi connectivity index (χ3v) is 3.53. The molecule has 2 aromatic heterocycles. The standard InChI is InChI=1S/C12H7F2N3S.Fe/c13-6-2-1-3-8(15)10(6)12-17-11-7(14)4-16-5-9(11)18-12;/h1-5H,15H2;. The number of fused-ring (bicyclic) bond motifs is 1. The zero-order valence-corrected chi connectivity index (χ0v) is 11.3. The zero-order chi connectivity index (χ0) is 12.7. The van der Waals surface area contributed by atoms with Crippen molar-refractivity contribution < 1.29 is 25.8 Å². The van der Waals surface area contributed by atoms with Crippen LogP contribution in [0.1, 0.15) is 0 Å². The van der Waals surface area contributed by atoms with Gasteiger partial charge in [-0.05, 0) is 12.1 Å². The van der Waals surface area contributed by atoms with Crippen molar-refractivity contribution in [3.63, 3.8) is 0 Å². The molecular formula is C12H7F2FeN3S. The van der Waals surface area contributed by atoms with Crippen LogP contribution in [0.15, 0.2) is 30.6 Å². The van der Waals surface area contributed by atoms with Crippen LogP contribution in [0.4, 0.5) is 14.5 Å². The molecule has 0 amide bonds. The van der Waals surface area contributed by atoms with Gasteiger partial charge >= 0.3 is 0 Å². The molecule has 1 aromatic carbocycles. The van der Waals surface area contributed by atoms with Crippen LogP contribution in [0, 0.1) is 11.6 Å². The number of anilines is 1. The van der Waals surface area contributed by atoms with Crippen LogP contribution in [0.25, 0.3) is 20.8 Å². The molecule has 19 heavy (non-hydrogen) atoms. The number of nitrogen functional groups attached to an aromatic ring is 1. The monoisotopic (exact) mass is 319 g/mol. The molecule has 98 valence electrons. The number of thiazole rings is 1. The maximum absolute atomic E-state index is 13.7. The Kier molecular flexibility index (Phi) is 3.80. The summed E-state index contributed by atoms with van der Waals surface area (Å²) in [6.07, 6.45) is 2.58. The predicted molar refractivity (Wildman–Crippen MR) is 67.2 cm³/mol. The van der Waals surface area contributed by atoms with Crippen LogP contribution < -0.4 is 5.73 Å². The molecule has 0 saturated carbocycles.